The zero-order chi connectivity index (χ0) is 20.4. The molecule has 0 unspecified atom stereocenters. The summed E-state index contributed by atoms with van der Waals surface area (Å²) >= 11 is 0. The Labute approximate surface area is 167 Å². The third-order valence-electron chi connectivity index (χ3n) is 4.58. The number of imide groups is 1. The maximum absolute atomic E-state index is 14.4. The fraction of sp³-hybridized carbons (Fsp3) is 0.0435. The summed E-state index contributed by atoms with van der Waals surface area (Å²) in [7, 11) is 1.54. The summed E-state index contributed by atoms with van der Waals surface area (Å²) in [6, 6.07) is 21.5. The molecule has 0 spiro atoms. The van der Waals surface area contributed by atoms with Crippen molar-refractivity contribution in [2.75, 3.05) is 17.3 Å². The SMILES string of the molecule is COc1cccc(NC2=C(c3ccccc3)C(=O)N(c3ccccc3F)C2=O)c1. The Hall–Kier alpha value is -3.93. The molecule has 2 amide bonds. The highest BCUT2D eigenvalue weighted by Gasteiger charge is 2.41. The Bertz CT molecular complexity index is 1130. The summed E-state index contributed by atoms with van der Waals surface area (Å²) in [6.07, 6.45) is 0. The van der Waals surface area contributed by atoms with Crippen LogP contribution < -0.4 is 15.0 Å². The summed E-state index contributed by atoms with van der Waals surface area (Å²) in [5, 5.41) is 3.03. The van der Waals surface area contributed by atoms with Gasteiger partial charge < -0.3 is 10.1 Å². The number of nitrogens with one attached hydrogen (secondary N) is 1. The molecule has 0 aromatic heterocycles. The van der Waals surface area contributed by atoms with E-state index in [9.17, 15) is 14.0 Å². The molecule has 144 valence electrons. The first-order valence-corrected chi connectivity index (χ1v) is 8.94. The number of hydrogen-bond donors (Lipinski definition) is 1. The van der Waals surface area contributed by atoms with Gasteiger partial charge in [-0.2, -0.15) is 0 Å². The van der Waals surface area contributed by atoms with Gasteiger partial charge in [0, 0.05) is 11.8 Å². The molecule has 0 atom stereocenters. The van der Waals surface area contributed by atoms with Crippen LogP contribution in [0.15, 0.2) is 84.6 Å². The second-order valence-corrected chi connectivity index (χ2v) is 6.37. The predicted octanol–water partition coefficient (Wildman–Crippen LogP) is 4.23. The fourth-order valence-corrected chi connectivity index (χ4v) is 3.22. The summed E-state index contributed by atoms with van der Waals surface area (Å²) in [6.45, 7) is 0. The molecule has 0 saturated heterocycles. The molecule has 6 heteroatoms. The summed E-state index contributed by atoms with van der Waals surface area (Å²) < 4.78 is 19.6. The summed E-state index contributed by atoms with van der Waals surface area (Å²) in [5.74, 6) is -1.26. The van der Waals surface area contributed by atoms with Crippen LogP contribution in [0.2, 0.25) is 0 Å². The van der Waals surface area contributed by atoms with Gasteiger partial charge in [0.15, 0.2) is 0 Å². The molecule has 1 heterocycles. The number of ether oxygens (including phenoxy) is 1. The maximum atomic E-state index is 14.4. The first-order valence-electron chi connectivity index (χ1n) is 8.94. The Morgan fingerprint density at radius 2 is 1.59 bits per heavy atom. The third kappa shape index (κ3) is 3.36. The van der Waals surface area contributed by atoms with Crippen molar-refractivity contribution in [3.63, 3.8) is 0 Å². The van der Waals surface area contributed by atoms with Gasteiger partial charge in [0.1, 0.15) is 17.3 Å². The number of nitrogens with zero attached hydrogens (tertiary/aromatic N) is 1. The van der Waals surface area contributed by atoms with Crippen molar-refractivity contribution in [2.45, 2.75) is 0 Å². The highest BCUT2D eigenvalue weighted by molar-refractivity contribution is 6.46. The molecule has 0 bridgehead atoms. The number of hydrogen-bond acceptors (Lipinski definition) is 4. The second kappa shape index (κ2) is 7.59. The van der Waals surface area contributed by atoms with Crippen LogP contribution in [0.3, 0.4) is 0 Å². The molecular formula is C23H17FN2O3. The first-order chi connectivity index (χ1) is 14.1. The Balaban J connectivity index is 1.83. The van der Waals surface area contributed by atoms with E-state index in [0.717, 1.165) is 4.90 Å². The third-order valence-corrected chi connectivity index (χ3v) is 4.58. The largest absolute Gasteiger partial charge is 0.497 e. The molecule has 4 rings (SSSR count). The lowest BCUT2D eigenvalue weighted by Gasteiger charge is -2.16. The molecule has 1 aliphatic rings. The predicted molar refractivity (Wildman–Crippen MR) is 109 cm³/mol. The number of amides is 2. The van der Waals surface area contributed by atoms with Gasteiger partial charge in [0.2, 0.25) is 0 Å². The lowest BCUT2D eigenvalue weighted by Crippen LogP contribution is -2.33. The number of benzene rings is 3. The number of halogens is 1. The minimum atomic E-state index is -0.649. The molecule has 0 aliphatic carbocycles. The molecule has 1 aliphatic heterocycles. The molecule has 1 N–H and O–H groups in total. The standard InChI is InChI=1S/C23H17FN2O3/c1-29-17-11-7-10-16(14-17)25-21-20(15-8-3-2-4-9-15)22(27)26(23(21)28)19-13-6-5-12-18(19)24/h2-14,25H,1H3. The first kappa shape index (κ1) is 18.4. The van der Waals surface area contributed by atoms with Crippen LogP contribution in [0, 0.1) is 5.82 Å². The smallest absolute Gasteiger partial charge is 0.282 e. The van der Waals surface area contributed by atoms with E-state index in [1.54, 1.807) is 54.6 Å². The number of rotatable bonds is 5. The summed E-state index contributed by atoms with van der Waals surface area (Å²) in [5.41, 5.74) is 1.32. The van der Waals surface area contributed by atoms with Gasteiger partial charge >= 0.3 is 0 Å². The monoisotopic (exact) mass is 388 g/mol. The zero-order valence-electron chi connectivity index (χ0n) is 15.6. The minimum absolute atomic E-state index is 0.0812. The van der Waals surface area contributed by atoms with Crippen molar-refractivity contribution < 1.29 is 18.7 Å². The Morgan fingerprint density at radius 1 is 0.862 bits per heavy atom. The lowest BCUT2D eigenvalue weighted by molar-refractivity contribution is -0.120. The molecule has 0 radical (unpaired) electrons. The van der Waals surface area contributed by atoms with E-state index in [-0.39, 0.29) is 17.0 Å². The van der Waals surface area contributed by atoms with Gasteiger partial charge in [0.25, 0.3) is 11.8 Å². The average molecular weight is 388 g/mol. The van der Waals surface area contributed by atoms with Crippen LogP contribution in [0.1, 0.15) is 5.56 Å². The van der Waals surface area contributed by atoms with E-state index < -0.39 is 17.6 Å². The van der Waals surface area contributed by atoms with E-state index in [0.29, 0.717) is 17.0 Å². The van der Waals surface area contributed by atoms with Crippen LogP contribution in [0.5, 0.6) is 5.75 Å². The molecule has 5 nitrogen and oxygen atoms in total. The van der Waals surface area contributed by atoms with Crippen LogP contribution >= 0.6 is 0 Å². The van der Waals surface area contributed by atoms with Gasteiger partial charge in [-0.3, -0.25) is 9.59 Å². The van der Waals surface area contributed by atoms with Gasteiger partial charge in [-0.25, -0.2) is 9.29 Å². The molecular weight excluding hydrogens is 371 g/mol. The zero-order valence-corrected chi connectivity index (χ0v) is 15.6. The van der Waals surface area contributed by atoms with Gasteiger partial charge in [-0.1, -0.05) is 48.5 Å². The van der Waals surface area contributed by atoms with Gasteiger partial charge in [0.05, 0.1) is 18.4 Å². The molecule has 3 aromatic carbocycles. The number of carbonyl (C=O) groups is 2. The van der Waals surface area contributed by atoms with E-state index in [1.807, 2.05) is 6.07 Å². The van der Waals surface area contributed by atoms with Crippen LogP contribution in [0.25, 0.3) is 5.57 Å². The van der Waals surface area contributed by atoms with E-state index >= 15 is 0 Å². The molecule has 29 heavy (non-hydrogen) atoms. The van der Waals surface area contributed by atoms with Crippen molar-refractivity contribution in [3.05, 3.63) is 95.9 Å². The summed E-state index contributed by atoms with van der Waals surface area (Å²) in [4.78, 5) is 27.3. The quantitative estimate of drug-likeness (QED) is 0.665. The molecule has 3 aromatic rings. The number of anilines is 2. The highest BCUT2D eigenvalue weighted by Crippen LogP contribution is 2.35. The van der Waals surface area contributed by atoms with Gasteiger partial charge in [-0.15, -0.1) is 0 Å². The van der Waals surface area contributed by atoms with E-state index in [4.69, 9.17) is 4.74 Å². The van der Waals surface area contributed by atoms with Crippen molar-refractivity contribution in [1.29, 1.82) is 0 Å². The second-order valence-electron chi connectivity index (χ2n) is 6.37. The van der Waals surface area contributed by atoms with Crippen molar-refractivity contribution in [2.24, 2.45) is 0 Å². The number of methoxy groups -OCH3 is 1. The normalized spacial score (nSPS) is 13.8. The molecule has 0 saturated carbocycles. The maximum Gasteiger partial charge on any atom is 0.282 e. The van der Waals surface area contributed by atoms with Crippen LogP contribution in [-0.2, 0) is 9.59 Å². The van der Waals surface area contributed by atoms with Crippen molar-refractivity contribution in [1.82, 2.24) is 0 Å². The molecule has 0 fully saturated rings. The topological polar surface area (TPSA) is 58.6 Å². The fourth-order valence-electron chi connectivity index (χ4n) is 3.22. The van der Waals surface area contributed by atoms with Crippen LogP contribution in [-0.4, -0.2) is 18.9 Å². The van der Waals surface area contributed by atoms with E-state index in [1.165, 1.54) is 25.3 Å². The van der Waals surface area contributed by atoms with Gasteiger partial charge in [-0.05, 0) is 29.8 Å². The number of carbonyl (C=O) groups excluding carboxylic acids is 2. The van der Waals surface area contributed by atoms with Crippen molar-refractivity contribution >= 4 is 28.8 Å². The Kier molecular flexibility index (Phi) is 4.83. The Morgan fingerprint density at radius 3 is 2.31 bits per heavy atom. The van der Waals surface area contributed by atoms with Crippen molar-refractivity contribution in [3.8, 4) is 5.75 Å². The minimum Gasteiger partial charge on any atom is -0.497 e. The van der Waals surface area contributed by atoms with Crippen LogP contribution in [0.4, 0.5) is 15.8 Å². The van der Waals surface area contributed by atoms with E-state index in [2.05, 4.69) is 5.32 Å². The average Bonchev–Trinajstić information content (AvgIpc) is 2.99. The number of para-hydroxylation sites is 1. The highest BCUT2D eigenvalue weighted by atomic mass is 19.1. The lowest BCUT2D eigenvalue weighted by atomic mass is 10.0.